The lowest BCUT2D eigenvalue weighted by Crippen LogP contribution is -2.15. The molecule has 184 valence electrons. The summed E-state index contributed by atoms with van der Waals surface area (Å²) in [7, 11) is 0. The van der Waals surface area contributed by atoms with E-state index in [1.165, 1.54) is 12.1 Å². The number of rotatable bonds is 7. The first-order valence-corrected chi connectivity index (χ1v) is 12.6. The molecule has 5 rings (SSSR count). The number of aromatic hydroxyl groups is 1. The summed E-state index contributed by atoms with van der Waals surface area (Å²) >= 11 is 7.64. The standard InChI is InChI=1S/C28H21ClN4O3S/c29-23-13-18(5-7-24(23)34)22(27(30)36)12-20-14-31-28-21(20)6-8-25(33-28)32-26(35)11-16-1-3-17(4-2-16)19-9-10-37-15-19/h1-10,12-15,34H,11H2,(H2,30,36)(H2,31,32,33,35)/b22-12-. The molecule has 0 aliphatic carbocycles. The fraction of sp³-hybridized carbons (Fsp3) is 0.0357. The molecule has 3 heterocycles. The van der Waals surface area contributed by atoms with Crippen LogP contribution in [0.5, 0.6) is 5.75 Å². The number of hydrogen-bond donors (Lipinski definition) is 4. The molecule has 3 aromatic heterocycles. The second-order valence-corrected chi connectivity index (χ2v) is 9.55. The van der Waals surface area contributed by atoms with Crippen molar-refractivity contribution in [1.82, 2.24) is 9.97 Å². The number of carbonyl (C=O) groups is 2. The Hall–Kier alpha value is -4.40. The number of hydrogen-bond acceptors (Lipinski definition) is 5. The number of aromatic nitrogens is 2. The molecule has 2 aromatic carbocycles. The molecule has 2 amide bonds. The minimum Gasteiger partial charge on any atom is -0.506 e. The maximum absolute atomic E-state index is 12.6. The van der Waals surface area contributed by atoms with Crippen LogP contribution in [0.25, 0.3) is 33.8 Å². The fourth-order valence-corrected chi connectivity index (χ4v) is 4.80. The van der Waals surface area contributed by atoms with Gasteiger partial charge in [0, 0.05) is 22.7 Å². The van der Waals surface area contributed by atoms with Crippen molar-refractivity contribution in [2.75, 3.05) is 5.32 Å². The molecule has 0 saturated heterocycles. The average molecular weight is 529 g/mol. The van der Waals surface area contributed by atoms with Gasteiger partial charge in [-0.3, -0.25) is 9.59 Å². The van der Waals surface area contributed by atoms with E-state index in [-0.39, 0.29) is 28.7 Å². The van der Waals surface area contributed by atoms with Crippen LogP contribution in [0.2, 0.25) is 5.02 Å². The monoisotopic (exact) mass is 528 g/mol. The number of anilines is 1. The molecule has 0 unspecified atom stereocenters. The predicted octanol–water partition coefficient (Wildman–Crippen LogP) is 5.86. The van der Waals surface area contributed by atoms with E-state index in [9.17, 15) is 14.7 Å². The largest absolute Gasteiger partial charge is 0.506 e. The molecule has 0 spiro atoms. The number of nitrogens with one attached hydrogen (secondary N) is 2. The van der Waals surface area contributed by atoms with E-state index >= 15 is 0 Å². The molecule has 5 N–H and O–H groups in total. The summed E-state index contributed by atoms with van der Waals surface area (Å²) in [5.74, 6) is -0.501. The molecule has 9 heteroatoms. The molecule has 5 aromatic rings. The number of aromatic amines is 1. The Labute approximate surface area is 221 Å². The number of pyridine rings is 1. The van der Waals surface area contributed by atoms with Gasteiger partial charge in [0.25, 0.3) is 0 Å². The lowest BCUT2D eigenvalue weighted by atomic mass is 10.0. The van der Waals surface area contributed by atoms with Crippen LogP contribution in [0.1, 0.15) is 16.7 Å². The van der Waals surface area contributed by atoms with Crippen LogP contribution in [-0.2, 0) is 16.0 Å². The highest BCUT2D eigenvalue weighted by Gasteiger charge is 2.14. The van der Waals surface area contributed by atoms with Crippen molar-refractivity contribution in [1.29, 1.82) is 0 Å². The second-order valence-electron chi connectivity index (χ2n) is 8.36. The van der Waals surface area contributed by atoms with Gasteiger partial charge in [0.1, 0.15) is 17.2 Å². The highest BCUT2D eigenvalue weighted by atomic mass is 35.5. The van der Waals surface area contributed by atoms with Gasteiger partial charge in [-0.15, -0.1) is 0 Å². The third kappa shape index (κ3) is 5.40. The molecule has 0 aliphatic heterocycles. The quantitative estimate of drug-likeness (QED) is 0.198. The molecule has 0 radical (unpaired) electrons. The maximum Gasteiger partial charge on any atom is 0.249 e. The number of phenolic OH excluding ortho intramolecular Hbond substituents is 1. The van der Waals surface area contributed by atoms with E-state index in [0.717, 1.165) is 22.1 Å². The Balaban J connectivity index is 1.32. The van der Waals surface area contributed by atoms with Gasteiger partial charge >= 0.3 is 0 Å². The second kappa shape index (κ2) is 10.3. The number of H-pyrrole nitrogens is 1. The van der Waals surface area contributed by atoms with Crippen LogP contribution in [0.4, 0.5) is 5.82 Å². The number of benzene rings is 2. The summed E-state index contributed by atoms with van der Waals surface area (Å²) in [5, 5.41) is 17.5. The lowest BCUT2D eigenvalue weighted by Gasteiger charge is -2.07. The van der Waals surface area contributed by atoms with Gasteiger partial charge in [0.2, 0.25) is 11.8 Å². The van der Waals surface area contributed by atoms with Gasteiger partial charge in [-0.25, -0.2) is 4.98 Å². The number of carbonyl (C=O) groups excluding carboxylic acids is 2. The molecule has 7 nitrogen and oxygen atoms in total. The first-order valence-electron chi connectivity index (χ1n) is 11.3. The van der Waals surface area contributed by atoms with Crippen LogP contribution in [0.15, 0.2) is 77.6 Å². The molecule has 0 fully saturated rings. The van der Waals surface area contributed by atoms with Gasteiger partial charge in [0.05, 0.1) is 11.4 Å². The predicted molar refractivity (Wildman–Crippen MR) is 148 cm³/mol. The average Bonchev–Trinajstić information content (AvgIpc) is 3.55. The Bertz CT molecular complexity index is 1640. The van der Waals surface area contributed by atoms with Crippen molar-refractivity contribution < 1.29 is 14.7 Å². The molecular formula is C28H21ClN4O3S. The van der Waals surface area contributed by atoms with E-state index in [2.05, 4.69) is 26.7 Å². The van der Waals surface area contributed by atoms with Gasteiger partial charge in [-0.2, -0.15) is 11.3 Å². The number of primary amides is 1. The molecule has 0 saturated carbocycles. The summed E-state index contributed by atoms with van der Waals surface area (Å²) in [6, 6.07) is 17.9. The number of halogens is 1. The smallest absolute Gasteiger partial charge is 0.249 e. The Morgan fingerprint density at radius 3 is 2.59 bits per heavy atom. The molecule has 37 heavy (non-hydrogen) atoms. The van der Waals surface area contributed by atoms with Crippen molar-refractivity contribution in [3.63, 3.8) is 0 Å². The topological polar surface area (TPSA) is 121 Å². The van der Waals surface area contributed by atoms with Gasteiger partial charge in [-0.1, -0.05) is 41.9 Å². The van der Waals surface area contributed by atoms with E-state index < -0.39 is 5.91 Å². The van der Waals surface area contributed by atoms with Gasteiger partial charge in [-0.05, 0) is 69.4 Å². The zero-order valence-corrected chi connectivity index (χ0v) is 20.9. The van der Waals surface area contributed by atoms with E-state index in [4.69, 9.17) is 17.3 Å². The highest BCUT2D eigenvalue weighted by molar-refractivity contribution is 7.08. The molecular weight excluding hydrogens is 508 g/mol. The minimum atomic E-state index is -0.642. The highest BCUT2D eigenvalue weighted by Crippen LogP contribution is 2.30. The maximum atomic E-state index is 12.6. The number of phenols is 1. The van der Waals surface area contributed by atoms with Crippen molar-refractivity contribution in [3.8, 4) is 16.9 Å². The number of nitrogens with two attached hydrogens (primary N) is 1. The van der Waals surface area contributed by atoms with E-state index in [1.807, 2.05) is 29.6 Å². The van der Waals surface area contributed by atoms with Crippen molar-refractivity contribution >= 4 is 63.3 Å². The Kier molecular flexibility index (Phi) is 6.76. The van der Waals surface area contributed by atoms with Gasteiger partial charge in [0.15, 0.2) is 0 Å². The number of fused-ring (bicyclic) bond motifs is 1. The van der Waals surface area contributed by atoms with E-state index in [1.54, 1.807) is 41.8 Å². The summed E-state index contributed by atoms with van der Waals surface area (Å²) in [6.45, 7) is 0. The van der Waals surface area contributed by atoms with Crippen LogP contribution in [0, 0.1) is 0 Å². The number of amides is 2. The molecule has 0 atom stereocenters. The number of thiophene rings is 1. The first-order chi connectivity index (χ1) is 17.9. The van der Waals surface area contributed by atoms with Gasteiger partial charge < -0.3 is 21.1 Å². The summed E-state index contributed by atoms with van der Waals surface area (Å²) < 4.78 is 0. The van der Waals surface area contributed by atoms with Crippen LogP contribution >= 0.6 is 22.9 Å². The first kappa shape index (κ1) is 24.3. The fourth-order valence-electron chi connectivity index (χ4n) is 3.96. The molecule has 0 bridgehead atoms. The SMILES string of the molecule is NC(=O)/C(=C\c1c[nH]c2nc(NC(=O)Cc3ccc(-c4ccsc4)cc3)ccc12)c1ccc(O)c(Cl)c1. The summed E-state index contributed by atoms with van der Waals surface area (Å²) in [4.78, 5) is 32.3. The summed E-state index contributed by atoms with van der Waals surface area (Å²) in [6.07, 6.45) is 3.55. The van der Waals surface area contributed by atoms with Crippen molar-refractivity contribution in [2.45, 2.75) is 6.42 Å². The zero-order valence-electron chi connectivity index (χ0n) is 19.4. The summed E-state index contributed by atoms with van der Waals surface area (Å²) in [5.41, 5.74) is 10.7. The zero-order chi connectivity index (χ0) is 25.9. The molecule has 0 aliphatic rings. The minimum absolute atomic E-state index is 0.0875. The van der Waals surface area contributed by atoms with E-state index in [0.29, 0.717) is 22.6 Å². The van der Waals surface area contributed by atoms with Crippen molar-refractivity contribution in [2.24, 2.45) is 5.73 Å². The van der Waals surface area contributed by atoms with Crippen LogP contribution in [0.3, 0.4) is 0 Å². The third-order valence-electron chi connectivity index (χ3n) is 5.84. The lowest BCUT2D eigenvalue weighted by molar-refractivity contribution is -0.115. The van der Waals surface area contributed by atoms with Crippen molar-refractivity contribution in [3.05, 3.63) is 99.3 Å². The third-order valence-corrected chi connectivity index (χ3v) is 6.82. The van der Waals surface area contributed by atoms with Crippen LogP contribution in [-0.4, -0.2) is 26.9 Å². The Morgan fingerprint density at radius 1 is 1.08 bits per heavy atom. The Morgan fingerprint density at radius 2 is 1.89 bits per heavy atom. The normalized spacial score (nSPS) is 11.5. The number of nitrogens with zero attached hydrogens (tertiary/aromatic N) is 1. The van der Waals surface area contributed by atoms with Crippen LogP contribution < -0.4 is 11.1 Å².